The van der Waals surface area contributed by atoms with Gasteiger partial charge in [-0.15, -0.1) is 0 Å². The van der Waals surface area contributed by atoms with E-state index in [9.17, 15) is 23.1 Å². The lowest BCUT2D eigenvalue weighted by Gasteiger charge is -2.25. The number of benzene rings is 2. The molecule has 3 aromatic rings. The van der Waals surface area contributed by atoms with Crippen molar-refractivity contribution >= 4 is 33.2 Å². The number of nitrogens with two attached hydrogens (primary N) is 1. The molecule has 2 aromatic carbocycles. The lowest BCUT2D eigenvalue weighted by molar-refractivity contribution is -0.132. The smallest absolute Gasteiger partial charge is 0.300 e. The first kappa shape index (κ1) is 22.8. The van der Waals surface area contributed by atoms with Crippen molar-refractivity contribution in [1.29, 1.82) is 0 Å². The van der Waals surface area contributed by atoms with Crippen molar-refractivity contribution in [2.24, 2.45) is 5.14 Å². The number of aliphatic hydroxyl groups is 1. The molecule has 3 heterocycles. The highest BCUT2D eigenvalue weighted by atomic mass is 32.2. The number of amides is 1. The molecule has 0 radical (unpaired) electrons. The number of aromatic nitrogens is 1. The standard InChI is InChI=1S/C25H21N3O6S/c1-14-12-17-13-16(2-7-20(17)34-14)23(29)21-22(15-8-10-27-11-9-15)28(25(31)24(21)30)18-3-5-19(6-4-18)35(26,32)33/h2-11,13-14,22,29H,12H2,1H3,(H2,26,32,33)/b23-21-. The molecule has 2 aliphatic rings. The third-order valence-electron chi connectivity index (χ3n) is 6.08. The topological polar surface area (TPSA) is 140 Å². The van der Waals surface area contributed by atoms with Gasteiger partial charge in [-0.3, -0.25) is 19.5 Å². The molecule has 0 bridgehead atoms. The van der Waals surface area contributed by atoms with E-state index < -0.39 is 27.8 Å². The van der Waals surface area contributed by atoms with Crippen molar-refractivity contribution < 1.29 is 27.9 Å². The minimum atomic E-state index is -3.94. The van der Waals surface area contributed by atoms with Gasteiger partial charge in [0.15, 0.2) is 0 Å². The van der Waals surface area contributed by atoms with Crippen LogP contribution in [0.25, 0.3) is 5.76 Å². The normalized spacial score (nSPS) is 21.1. The number of sulfonamides is 1. The number of carbonyl (C=O) groups excluding carboxylic acids is 2. The van der Waals surface area contributed by atoms with Crippen LogP contribution in [0.3, 0.4) is 0 Å². The number of ether oxygens (including phenoxy) is 1. The second-order valence-corrected chi connectivity index (χ2v) is 10.0. The van der Waals surface area contributed by atoms with E-state index in [4.69, 9.17) is 9.88 Å². The van der Waals surface area contributed by atoms with E-state index in [1.807, 2.05) is 6.92 Å². The summed E-state index contributed by atoms with van der Waals surface area (Å²) < 4.78 is 29.0. The molecule has 1 saturated heterocycles. The van der Waals surface area contributed by atoms with Crippen molar-refractivity contribution in [2.75, 3.05) is 4.90 Å². The fourth-order valence-electron chi connectivity index (χ4n) is 4.48. The van der Waals surface area contributed by atoms with Gasteiger partial charge in [-0.25, -0.2) is 13.6 Å². The van der Waals surface area contributed by atoms with Crippen LogP contribution in [0.1, 0.15) is 29.7 Å². The van der Waals surface area contributed by atoms with Gasteiger partial charge < -0.3 is 9.84 Å². The number of Topliss-reactive ketones (excluding diaryl/α,β-unsaturated/α-hetero) is 1. The first-order valence-electron chi connectivity index (χ1n) is 10.8. The van der Waals surface area contributed by atoms with E-state index in [1.165, 1.54) is 41.6 Å². The van der Waals surface area contributed by atoms with Crippen molar-refractivity contribution in [2.45, 2.75) is 30.4 Å². The zero-order valence-corrected chi connectivity index (χ0v) is 19.4. The number of primary sulfonamides is 1. The first-order valence-corrected chi connectivity index (χ1v) is 12.3. The number of pyridine rings is 1. The largest absolute Gasteiger partial charge is 0.507 e. The lowest BCUT2D eigenvalue weighted by atomic mass is 9.95. The van der Waals surface area contributed by atoms with Gasteiger partial charge in [0, 0.05) is 30.1 Å². The second-order valence-electron chi connectivity index (χ2n) is 8.44. The molecule has 10 heteroatoms. The number of carbonyl (C=O) groups is 2. The zero-order chi connectivity index (χ0) is 24.9. The van der Waals surface area contributed by atoms with Gasteiger partial charge in [0.2, 0.25) is 10.0 Å². The van der Waals surface area contributed by atoms with Crippen LogP contribution < -0.4 is 14.8 Å². The Morgan fingerprint density at radius 2 is 1.77 bits per heavy atom. The number of nitrogens with zero attached hydrogens (tertiary/aromatic N) is 2. The summed E-state index contributed by atoms with van der Waals surface area (Å²) in [7, 11) is -3.94. The Labute approximate surface area is 201 Å². The number of anilines is 1. The summed E-state index contributed by atoms with van der Waals surface area (Å²) in [4.78, 5) is 31.5. The van der Waals surface area contributed by atoms with E-state index in [0.717, 1.165) is 11.3 Å². The molecule has 9 nitrogen and oxygen atoms in total. The zero-order valence-electron chi connectivity index (χ0n) is 18.6. The van der Waals surface area contributed by atoms with E-state index >= 15 is 0 Å². The molecule has 0 aliphatic carbocycles. The summed E-state index contributed by atoms with van der Waals surface area (Å²) in [6.07, 6.45) is 3.71. The van der Waals surface area contributed by atoms with Gasteiger partial charge in [0.05, 0.1) is 16.5 Å². The first-order chi connectivity index (χ1) is 16.6. The highest BCUT2D eigenvalue weighted by Crippen LogP contribution is 2.42. The van der Waals surface area contributed by atoms with E-state index in [0.29, 0.717) is 17.5 Å². The van der Waals surface area contributed by atoms with Crippen LogP contribution in [0, 0.1) is 0 Å². The van der Waals surface area contributed by atoms with Crippen LogP contribution in [-0.2, 0) is 26.0 Å². The van der Waals surface area contributed by atoms with Crippen LogP contribution in [0.15, 0.2) is 77.5 Å². The molecular weight excluding hydrogens is 470 g/mol. The van der Waals surface area contributed by atoms with Gasteiger partial charge in [0.25, 0.3) is 11.7 Å². The summed E-state index contributed by atoms with van der Waals surface area (Å²) in [5.41, 5.74) is 2.03. The Hall–Kier alpha value is -4.02. The van der Waals surface area contributed by atoms with Crippen LogP contribution >= 0.6 is 0 Å². The maximum absolute atomic E-state index is 13.2. The molecule has 0 saturated carbocycles. The maximum Gasteiger partial charge on any atom is 0.300 e. The number of hydrogen-bond donors (Lipinski definition) is 2. The quantitative estimate of drug-likeness (QED) is 0.325. The molecule has 1 fully saturated rings. The van der Waals surface area contributed by atoms with E-state index in [1.54, 1.807) is 30.3 Å². The predicted molar refractivity (Wildman–Crippen MR) is 127 cm³/mol. The van der Waals surface area contributed by atoms with Crippen molar-refractivity contribution in [3.63, 3.8) is 0 Å². The molecule has 3 N–H and O–H groups in total. The Morgan fingerprint density at radius 3 is 2.43 bits per heavy atom. The number of rotatable bonds is 4. The highest BCUT2D eigenvalue weighted by molar-refractivity contribution is 7.89. The molecule has 1 aromatic heterocycles. The molecule has 2 atom stereocenters. The predicted octanol–water partition coefficient (Wildman–Crippen LogP) is 2.68. The summed E-state index contributed by atoms with van der Waals surface area (Å²) in [5, 5.41) is 16.5. The second kappa shape index (κ2) is 8.33. The highest BCUT2D eigenvalue weighted by Gasteiger charge is 2.47. The van der Waals surface area contributed by atoms with Crippen molar-refractivity contribution in [1.82, 2.24) is 4.98 Å². The fraction of sp³-hybridized carbons (Fsp3) is 0.160. The monoisotopic (exact) mass is 491 g/mol. The maximum atomic E-state index is 13.2. The number of fused-ring (bicyclic) bond motifs is 1. The molecule has 35 heavy (non-hydrogen) atoms. The third kappa shape index (κ3) is 3.96. The van der Waals surface area contributed by atoms with Crippen molar-refractivity contribution in [3.05, 3.63) is 89.3 Å². The summed E-state index contributed by atoms with van der Waals surface area (Å²) in [6, 6.07) is 12.8. The van der Waals surface area contributed by atoms with Crippen LogP contribution in [-0.4, -0.2) is 36.3 Å². The molecule has 178 valence electrons. The Balaban J connectivity index is 1.66. The Bertz CT molecular complexity index is 1480. The van der Waals surface area contributed by atoms with E-state index in [-0.39, 0.29) is 28.0 Å². The van der Waals surface area contributed by atoms with Crippen LogP contribution in [0.5, 0.6) is 5.75 Å². The summed E-state index contributed by atoms with van der Waals surface area (Å²) >= 11 is 0. The summed E-state index contributed by atoms with van der Waals surface area (Å²) in [5.74, 6) is -1.30. The number of ketones is 1. The van der Waals surface area contributed by atoms with Crippen molar-refractivity contribution in [3.8, 4) is 5.75 Å². The van der Waals surface area contributed by atoms with Gasteiger partial charge in [0.1, 0.15) is 17.6 Å². The number of hydrogen-bond acceptors (Lipinski definition) is 7. The van der Waals surface area contributed by atoms with Gasteiger partial charge >= 0.3 is 0 Å². The van der Waals surface area contributed by atoms with Crippen LogP contribution in [0.4, 0.5) is 5.69 Å². The lowest BCUT2D eigenvalue weighted by Crippen LogP contribution is -2.29. The molecule has 2 aliphatic heterocycles. The van der Waals surface area contributed by atoms with Crippen LogP contribution in [0.2, 0.25) is 0 Å². The Kier molecular flexibility index (Phi) is 5.42. The fourth-order valence-corrected chi connectivity index (χ4v) is 5.00. The van der Waals surface area contributed by atoms with Gasteiger partial charge in [-0.05, 0) is 72.6 Å². The SMILES string of the molecule is CC1Cc2cc(/C(O)=C3/C(=O)C(=O)N(c4ccc(S(N)(=O)=O)cc4)C3c3ccncc3)ccc2O1. The average Bonchev–Trinajstić information content (AvgIpc) is 3.34. The van der Waals surface area contributed by atoms with Gasteiger partial charge in [-0.1, -0.05) is 0 Å². The average molecular weight is 492 g/mol. The molecular formula is C25H21N3O6S. The molecule has 2 unspecified atom stereocenters. The van der Waals surface area contributed by atoms with Gasteiger partial charge in [-0.2, -0.15) is 0 Å². The minimum absolute atomic E-state index is 0.00472. The molecule has 1 amide bonds. The third-order valence-corrected chi connectivity index (χ3v) is 7.01. The molecule has 0 spiro atoms. The minimum Gasteiger partial charge on any atom is -0.507 e. The summed E-state index contributed by atoms with van der Waals surface area (Å²) in [6.45, 7) is 1.94. The van der Waals surface area contributed by atoms with E-state index in [2.05, 4.69) is 4.98 Å². The number of aliphatic hydroxyl groups excluding tert-OH is 1. The Morgan fingerprint density at radius 1 is 1.09 bits per heavy atom. The molecule has 5 rings (SSSR count).